The Morgan fingerprint density at radius 3 is 2.50 bits per heavy atom. The van der Waals surface area contributed by atoms with Crippen LogP contribution in [0.15, 0.2) is 88.8 Å². The van der Waals surface area contributed by atoms with E-state index < -0.39 is 0 Å². The Kier molecular flexibility index (Phi) is 5.81. The quantitative estimate of drug-likeness (QED) is 0.377. The highest BCUT2D eigenvalue weighted by molar-refractivity contribution is 7.99. The predicted molar refractivity (Wildman–Crippen MR) is 120 cm³/mol. The topological polar surface area (TPSA) is 73.2 Å². The summed E-state index contributed by atoms with van der Waals surface area (Å²) in [4.78, 5) is 30.4. The van der Waals surface area contributed by atoms with E-state index in [2.05, 4.69) is 10.3 Å². The second-order valence-corrected chi connectivity index (χ2v) is 7.37. The Morgan fingerprint density at radius 1 is 1.00 bits per heavy atom. The lowest BCUT2D eigenvalue weighted by Gasteiger charge is -2.13. The van der Waals surface area contributed by atoms with Crippen LogP contribution >= 0.6 is 11.8 Å². The van der Waals surface area contributed by atoms with E-state index in [0.29, 0.717) is 33.2 Å². The van der Waals surface area contributed by atoms with E-state index in [9.17, 15) is 9.59 Å². The number of amides is 1. The summed E-state index contributed by atoms with van der Waals surface area (Å²) in [7, 11) is 1.55. The van der Waals surface area contributed by atoms with Gasteiger partial charge in [0.2, 0.25) is 5.91 Å². The Hall–Kier alpha value is -3.58. The van der Waals surface area contributed by atoms with E-state index in [0.717, 1.165) is 0 Å². The molecule has 0 atom stereocenters. The number of nitrogens with zero attached hydrogens (tertiary/aromatic N) is 2. The SMILES string of the molecule is COc1ccccc1NC(=O)CSc1nc2ccccc2c(=O)n1-c1ccccc1. The van der Waals surface area contributed by atoms with Crippen molar-refractivity contribution >= 4 is 34.3 Å². The number of hydrogen-bond acceptors (Lipinski definition) is 5. The first-order valence-electron chi connectivity index (χ1n) is 9.30. The molecule has 1 aromatic heterocycles. The van der Waals surface area contributed by atoms with Crippen LogP contribution < -0.4 is 15.6 Å². The van der Waals surface area contributed by atoms with Crippen molar-refractivity contribution in [3.63, 3.8) is 0 Å². The second kappa shape index (κ2) is 8.84. The summed E-state index contributed by atoms with van der Waals surface area (Å²) in [6.07, 6.45) is 0. The minimum atomic E-state index is -0.216. The van der Waals surface area contributed by atoms with Gasteiger partial charge in [-0.25, -0.2) is 4.98 Å². The first kappa shape index (κ1) is 19.7. The summed E-state index contributed by atoms with van der Waals surface area (Å²) in [5.41, 5.74) is 1.73. The van der Waals surface area contributed by atoms with Crippen LogP contribution in [0, 0.1) is 0 Å². The van der Waals surface area contributed by atoms with E-state index in [1.54, 1.807) is 35.9 Å². The predicted octanol–water partition coefficient (Wildman–Crippen LogP) is 4.13. The average Bonchev–Trinajstić information content (AvgIpc) is 2.79. The average molecular weight is 417 g/mol. The maximum Gasteiger partial charge on any atom is 0.266 e. The molecule has 30 heavy (non-hydrogen) atoms. The largest absolute Gasteiger partial charge is 0.495 e. The van der Waals surface area contributed by atoms with E-state index in [1.165, 1.54) is 11.8 Å². The van der Waals surface area contributed by atoms with E-state index in [4.69, 9.17) is 4.74 Å². The van der Waals surface area contributed by atoms with Gasteiger partial charge >= 0.3 is 0 Å². The molecule has 0 aliphatic rings. The van der Waals surface area contributed by atoms with E-state index >= 15 is 0 Å². The second-order valence-electron chi connectivity index (χ2n) is 6.42. The first-order valence-corrected chi connectivity index (χ1v) is 10.3. The third-order valence-corrected chi connectivity index (χ3v) is 5.41. The van der Waals surface area contributed by atoms with Crippen LogP contribution in [0.3, 0.4) is 0 Å². The fraction of sp³-hybridized carbons (Fsp3) is 0.0870. The first-order chi connectivity index (χ1) is 14.7. The van der Waals surface area contributed by atoms with Gasteiger partial charge in [-0.2, -0.15) is 0 Å². The van der Waals surface area contributed by atoms with Crippen molar-refractivity contribution in [2.45, 2.75) is 5.16 Å². The fourth-order valence-corrected chi connectivity index (χ4v) is 3.89. The van der Waals surface area contributed by atoms with Crippen LogP contribution in [0.5, 0.6) is 5.75 Å². The number of fused-ring (bicyclic) bond motifs is 1. The van der Waals surface area contributed by atoms with Gasteiger partial charge in [0, 0.05) is 0 Å². The zero-order chi connectivity index (χ0) is 20.9. The normalized spacial score (nSPS) is 10.7. The number of hydrogen-bond donors (Lipinski definition) is 1. The summed E-state index contributed by atoms with van der Waals surface area (Å²) in [6, 6.07) is 23.7. The highest BCUT2D eigenvalue weighted by Crippen LogP contribution is 2.25. The Labute approximate surface area is 177 Å². The molecule has 0 spiro atoms. The van der Waals surface area contributed by atoms with Crippen LogP contribution in [-0.4, -0.2) is 28.3 Å². The molecule has 3 aromatic carbocycles. The third kappa shape index (κ3) is 4.06. The van der Waals surface area contributed by atoms with Crippen LogP contribution in [0.4, 0.5) is 5.69 Å². The number of rotatable bonds is 6. The van der Waals surface area contributed by atoms with Gasteiger partial charge in [-0.15, -0.1) is 0 Å². The molecule has 0 fully saturated rings. The highest BCUT2D eigenvalue weighted by Gasteiger charge is 2.15. The molecule has 1 amide bonds. The number of ether oxygens (including phenoxy) is 1. The number of nitrogens with one attached hydrogen (secondary N) is 1. The molecule has 0 radical (unpaired) electrons. The summed E-state index contributed by atoms with van der Waals surface area (Å²) in [5, 5.41) is 3.83. The lowest BCUT2D eigenvalue weighted by molar-refractivity contribution is -0.113. The van der Waals surface area contributed by atoms with E-state index in [1.807, 2.05) is 54.6 Å². The molecule has 4 rings (SSSR count). The third-order valence-electron chi connectivity index (χ3n) is 4.47. The van der Waals surface area contributed by atoms with Gasteiger partial charge in [0.1, 0.15) is 5.75 Å². The summed E-state index contributed by atoms with van der Waals surface area (Å²) in [5.74, 6) is 0.461. The molecule has 7 heteroatoms. The van der Waals surface area contributed by atoms with Gasteiger partial charge in [0.15, 0.2) is 5.16 Å². The minimum Gasteiger partial charge on any atom is -0.495 e. The monoisotopic (exact) mass is 417 g/mol. The van der Waals surface area contributed by atoms with Gasteiger partial charge < -0.3 is 10.1 Å². The van der Waals surface area contributed by atoms with Crippen molar-refractivity contribution in [3.8, 4) is 11.4 Å². The standard InChI is InChI=1S/C23H19N3O3S/c1-29-20-14-8-7-13-19(20)24-21(27)15-30-23-25-18-12-6-5-11-17(18)22(28)26(23)16-9-3-2-4-10-16/h2-14H,15H2,1H3,(H,24,27). The van der Waals surface area contributed by atoms with Crippen LogP contribution in [0.25, 0.3) is 16.6 Å². The zero-order valence-corrected chi connectivity index (χ0v) is 17.1. The number of carbonyl (C=O) groups is 1. The van der Waals surface area contributed by atoms with Crippen molar-refractivity contribution < 1.29 is 9.53 Å². The number of anilines is 1. The zero-order valence-electron chi connectivity index (χ0n) is 16.2. The van der Waals surface area contributed by atoms with Gasteiger partial charge in [-0.05, 0) is 36.4 Å². The molecule has 4 aromatic rings. The van der Waals surface area contributed by atoms with Crippen molar-refractivity contribution in [1.29, 1.82) is 0 Å². The summed E-state index contributed by atoms with van der Waals surface area (Å²) < 4.78 is 6.82. The number of aromatic nitrogens is 2. The number of thioether (sulfide) groups is 1. The molecule has 0 saturated heterocycles. The van der Waals surface area contributed by atoms with Crippen molar-refractivity contribution in [3.05, 3.63) is 89.2 Å². The molecule has 1 heterocycles. The summed E-state index contributed by atoms with van der Waals surface area (Å²) >= 11 is 1.21. The lowest BCUT2D eigenvalue weighted by Crippen LogP contribution is -2.23. The van der Waals surface area contributed by atoms with Crippen LogP contribution in [-0.2, 0) is 4.79 Å². The van der Waals surface area contributed by atoms with Crippen molar-refractivity contribution in [2.24, 2.45) is 0 Å². The Bertz CT molecular complexity index is 1260. The Balaban J connectivity index is 1.65. The van der Waals surface area contributed by atoms with E-state index in [-0.39, 0.29) is 17.2 Å². The van der Waals surface area contributed by atoms with Gasteiger partial charge in [-0.3, -0.25) is 14.2 Å². The Morgan fingerprint density at radius 2 is 1.70 bits per heavy atom. The molecule has 150 valence electrons. The maximum atomic E-state index is 13.2. The molecule has 6 nitrogen and oxygen atoms in total. The number of carbonyl (C=O) groups excluding carboxylic acids is 1. The maximum absolute atomic E-state index is 13.2. The number of methoxy groups -OCH3 is 1. The molecule has 0 bridgehead atoms. The number of benzene rings is 3. The van der Waals surface area contributed by atoms with Gasteiger partial charge in [0.25, 0.3) is 5.56 Å². The fourth-order valence-electron chi connectivity index (χ4n) is 3.08. The molecule has 0 aliphatic carbocycles. The number of para-hydroxylation sites is 4. The summed E-state index contributed by atoms with van der Waals surface area (Å²) in [6.45, 7) is 0. The minimum absolute atomic E-state index is 0.0929. The highest BCUT2D eigenvalue weighted by atomic mass is 32.2. The lowest BCUT2D eigenvalue weighted by atomic mass is 10.2. The molecular formula is C23H19N3O3S. The van der Waals surface area contributed by atoms with Crippen molar-refractivity contribution in [2.75, 3.05) is 18.2 Å². The van der Waals surface area contributed by atoms with Crippen LogP contribution in [0.1, 0.15) is 0 Å². The smallest absolute Gasteiger partial charge is 0.266 e. The van der Waals surface area contributed by atoms with Gasteiger partial charge in [0.05, 0.1) is 35.1 Å². The molecule has 0 unspecified atom stereocenters. The molecule has 0 aliphatic heterocycles. The molecule has 0 saturated carbocycles. The van der Waals surface area contributed by atoms with Gasteiger partial charge in [-0.1, -0.05) is 54.2 Å². The van der Waals surface area contributed by atoms with Crippen LogP contribution in [0.2, 0.25) is 0 Å². The van der Waals surface area contributed by atoms with Crippen molar-refractivity contribution in [1.82, 2.24) is 9.55 Å². The molecular weight excluding hydrogens is 398 g/mol. The molecule has 1 N–H and O–H groups in total.